The zero-order chi connectivity index (χ0) is 19.2. The number of hydrogen-bond acceptors (Lipinski definition) is 1. The van der Waals surface area contributed by atoms with Gasteiger partial charge in [-0.15, -0.1) is 0 Å². The van der Waals surface area contributed by atoms with Crippen LogP contribution in [-0.2, 0) is 0 Å². The molecule has 0 N–H and O–H groups in total. The summed E-state index contributed by atoms with van der Waals surface area (Å²) < 4.78 is 33.6. The molecule has 3 rings (SSSR count). The molecule has 2 aliphatic rings. The van der Waals surface area contributed by atoms with Gasteiger partial charge in [-0.05, 0) is 79.9 Å². The molecule has 0 atom stereocenters. The van der Waals surface area contributed by atoms with Crippen molar-refractivity contribution in [1.29, 1.82) is 0 Å². The van der Waals surface area contributed by atoms with Gasteiger partial charge in [0.1, 0.15) is 6.61 Å². The summed E-state index contributed by atoms with van der Waals surface area (Å²) in [6, 6.07) is 2.95. The smallest absolute Gasteiger partial charge is 0.191 e. The van der Waals surface area contributed by atoms with Crippen molar-refractivity contribution in [3.63, 3.8) is 0 Å². The lowest BCUT2D eigenvalue weighted by atomic mass is 9.68. The van der Waals surface area contributed by atoms with Gasteiger partial charge in [0, 0.05) is 0 Å². The molecule has 0 aliphatic heterocycles. The van der Waals surface area contributed by atoms with E-state index in [-0.39, 0.29) is 18.3 Å². The lowest BCUT2D eigenvalue weighted by Gasteiger charge is -2.38. The fourth-order valence-corrected chi connectivity index (χ4v) is 5.38. The summed E-state index contributed by atoms with van der Waals surface area (Å²) in [5.74, 6) is 1.45. The molecule has 0 saturated heterocycles. The molecule has 0 amide bonds. The number of halogens is 2. The molecule has 27 heavy (non-hydrogen) atoms. The van der Waals surface area contributed by atoms with E-state index < -0.39 is 11.6 Å². The standard InChI is InChI=1S/C24H34F2O/c1-3-5-17-6-8-18(9-7-17)19-10-12-20(13-11-19)21-15-22(25)24(23(26)16-21)27-14-4-2/h4,15-20H,2-3,5-14H2,1H3. The number of benzene rings is 1. The van der Waals surface area contributed by atoms with Gasteiger partial charge in [-0.25, -0.2) is 8.78 Å². The summed E-state index contributed by atoms with van der Waals surface area (Å²) in [4.78, 5) is 0. The van der Waals surface area contributed by atoms with E-state index >= 15 is 0 Å². The molecule has 1 aromatic rings. The van der Waals surface area contributed by atoms with Crippen molar-refractivity contribution < 1.29 is 13.5 Å². The lowest BCUT2D eigenvalue weighted by Crippen LogP contribution is -2.25. The second kappa shape index (κ2) is 9.71. The normalized spacial score (nSPS) is 28.7. The van der Waals surface area contributed by atoms with E-state index in [2.05, 4.69) is 13.5 Å². The van der Waals surface area contributed by atoms with Crippen molar-refractivity contribution >= 4 is 0 Å². The van der Waals surface area contributed by atoms with Crippen LogP contribution in [0.5, 0.6) is 5.75 Å². The number of rotatable bonds is 7. The molecule has 3 heteroatoms. The van der Waals surface area contributed by atoms with Gasteiger partial charge in [0.15, 0.2) is 17.4 Å². The first-order chi connectivity index (χ1) is 13.1. The summed E-state index contributed by atoms with van der Waals surface area (Å²) in [6.07, 6.45) is 14.3. The van der Waals surface area contributed by atoms with Crippen molar-refractivity contribution in [2.45, 2.75) is 77.0 Å². The van der Waals surface area contributed by atoms with Crippen molar-refractivity contribution in [1.82, 2.24) is 0 Å². The van der Waals surface area contributed by atoms with E-state index in [4.69, 9.17) is 4.74 Å². The van der Waals surface area contributed by atoms with Crippen molar-refractivity contribution in [2.75, 3.05) is 6.61 Å². The molecule has 150 valence electrons. The molecule has 2 fully saturated rings. The molecule has 2 saturated carbocycles. The monoisotopic (exact) mass is 376 g/mol. The van der Waals surface area contributed by atoms with Crippen LogP contribution in [-0.4, -0.2) is 6.61 Å². The Morgan fingerprint density at radius 3 is 2.04 bits per heavy atom. The lowest BCUT2D eigenvalue weighted by molar-refractivity contribution is 0.156. The van der Waals surface area contributed by atoms with Crippen LogP contribution in [0.25, 0.3) is 0 Å². The maximum atomic E-state index is 14.3. The second-order valence-corrected chi connectivity index (χ2v) is 8.59. The minimum atomic E-state index is -0.594. The van der Waals surface area contributed by atoms with E-state index in [1.807, 2.05) is 0 Å². The van der Waals surface area contributed by atoms with Gasteiger partial charge in [0.05, 0.1) is 0 Å². The zero-order valence-electron chi connectivity index (χ0n) is 16.7. The van der Waals surface area contributed by atoms with Crippen LogP contribution in [0.2, 0.25) is 0 Å². The van der Waals surface area contributed by atoms with Gasteiger partial charge in [0.2, 0.25) is 0 Å². The van der Waals surface area contributed by atoms with Crippen LogP contribution < -0.4 is 4.74 Å². The predicted molar refractivity (Wildman–Crippen MR) is 107 cm³/mol. The average molecular weight is 377 g/mol. The molecule has 0 spiro atoms. The highest BCUT2D eigenvalue weighted by Crippen LogP contribution is 2.45. The van der Waals surface area contributed by atoms with Crippen LogP contribution in [0.3, 0.4) is 0 Å². The predicted octanol–water partition coefficient (Wildman–Crippen LogP) is 7.41. The van der Waals surface area contributed by atoms with Gasteiger partial charge in [-0.1, -0.05) is 45.3 Å². The van der Waals surface area contributed by atoms with Gasteiger partial charge >= 0.3 is 0 Å². The van der Waals surface area contributed by atoms with Crippen LogP contribution in [0, 0.1) is 29.4 Å². The van der Waals surface area contributed by atoms with E-state index in [1.165, 1.54) is 69.6 Å². The molecule has 0 bridgehead atoms. The Hall–Kier alpha value is -1.38. The van der Waals surface area contributed by atoms with Gasteiger partial charge < -0.3 is 4.74 Å². The fourth-order valence-electron chi connectivity index (χ4n) is 5.38. The van der Waals surface area contributed by atoms with Gasteiger partial charge in [-0.2, -0.15) is 0 Å². The summed E-state index contributed by atoms with van der Waals surface area (Å²) in [5.41, 5.74) is 0.793. The van der Waals surface area contributed by atoms with E-state index in [9.17, 15) is 8.78 Å². The van der Waals surface area contributed by atoms with E-state index in [0.29, 0.717) is 0 Å². The highest BCUT2D eigenvalue weighted by Gasteiger charge is 2.31. The van der Waals surface area contributed by atoms with E-state index in [1.54, 1.807) is 0 Å². The van der Waals surface area contributed by atoms with E-state index in [0.717, 1.165) is 36.2 Å². The Morgan fingerprint density at radius 1 is 0.963 bits per heavy atom. The Labute approximate surface area is 163 Å². The Kier molecular flexibility index (Phi) is 7.32. The van der Waals surface area contributed by atoms with Gasteiger partial charge in [0.25, 0.3) is 0 Å². The minimum Gasteiger partial charge on any atom is -0.483 e. The first kappa shape index (κ1) is 20.4. The third kappa shape index (κ3) is 5.12. The maximum Gasteiger partial charge on any atom is 0.191 e. The Balaban J connectivity index is 1.54. The fraction of sp³-hybridized carbons (Fsp3) is 0.667. The molecule has 0 radical (unpaired) electrons. The SMILES string of the molecule is C=CCOc1c(F)cc(C2CCC(C3CCC(CCC)CC3)CC2)cc1F. The molecular weight excluding hydrogens is 342 g/mol. The van der Waals surface area contributed by atoms with Crippen LogP contribution in [0.15, 0.2) is 24.8 Å². The topological polar surface area (TPSA) is 9.23 Å². The third-order valence-corrected chi connectivity index (χ3v) is 6.86. The Bertz CT molecular complexity index is 588. The number of ether oxygens (including phenoxy) is 1. The summed E-state index contributed by atoms with van der Waals surface area (Å²) in [7, 11) is 0. The first-order valence-corrected chi connectivity index (χ1v) is 10.8. The Morgan fingerprint density at radius 2 is 1.52 bits per heavy atom. The molecule has 0 unspecified atom stereocenters. The largest absolute Gasteiger partial charge is 0.483 e. The van der Waals surface area contributed by atoms with Crippen LogP contribution in [0.4, 0.5) is 8.78 Å². The summed E-state index contributed by atoms with van der Waals surface area (Å²) in [6.45, 7) is 5.91. The molecular formula is C24H34F2O. The highest BCUT2D eigenvalue weighted by molar-refractivity contribution is 5.33. The molecule has 1 nitrogen and oxygen atoms in total. The average Bonchev–Trinajstić information content (AvgIpc) is 2.68. The minimum absolute atomic E-state index is 0.110. The highest BCUT2D eigenvalue weighted by atomic mass is 19.1. The molecule has 0 heterocycles. The van der Waals surface area contributed by atoms with Crippen LogP contribution >= 0.6 is 0 Å². The maximum absolute atomic E-state index is 14.3. The van der Waals surface area contributed by atoms with Crippen molar-refractivity contribution in [3.05, 3.63) is 42.0 Å². The molecule has 0 aromatic heterocycles. The quantitative estimate of drug-likeness (QED) is 0.450. The van der Waals surface area contributed by atoms with Crippen molar-refractivity contribution in [2.24, 2.45) is 17.8 Å². The first-order valence-electron chi connectivity index (χ1n) is 10.8. The second-order valence-electron chi connectivity index (χ2n) is 8.59. The number of hydrogen-bond donors (Lipinski definition) is 0. The van der Waals surface area contributed by atoms with Crippen molar-refractivity contribution in [3.8, 4) is 5.75 Å². The third-order valence-electron chi connectivity index (χ3n) is 6.86. The summed E-state index contributed by atoms with van der Waals surface area (Å²) in [5, 5.41) is 0. The van der Waals surface area contributed by atoms with Crippen LogP contribution in [0.1, 0.15) is 82.6 Å². The van der Waals surface area contributed by atoms with Gasteiger partial charge in [-0.3, -0.25) is 0 Å². The molecule has 1 aromatic carbocycles. The zero-order valence-corrected chi connectivity index (χ0v) is 16.7. The summed E-state index contributed by atoms with van der Waals surface area (Å²) >= 11 is 0. The molecule has 2 aliphatic carbocycles.